The van der Waals surface area contributed by atoms with Gasteiger partial charge in [0.25, 0.3) is 0 Å². The predicted octanol–water partition coefficient (Wildman–Crippen LogP) is 3.03. The summed E-state index contributed by atoms with van der Waals surface area (Å²) < 4.78 is 15.9. The second kappa shape index (κ2) is 5.44. The van der Waals surface area contributed by atoms with Crippen molar-refractivity contribution in [2.45, 2.75) is 0 Å². The van der Waals surface area contributed by atoms with Gasteiger partial charge in [-0.2, -0.15) is 0 Å². The van der Waals surface area contributed by atoms with Crippen LogP contribution in [-0.2, 0) is 0 Å². The van der Waals surface area contributed by atoms with Crippen molar-refractivity contribution < 1.29 is 24.1 Å². The van der Waals surface area contributed by atoms with Gasteiger partial charge in [-0.25, -0.2) is 0 Å². The van der Waals surface area contributed by atoms with E-state index in [2.05, 4.69) is 0 Å². The number of allylic oxidation sites excluding steroid dienone is 1. The molecule has 0 unspecified atom stereocenters. The highest BCUT2D eigenvalue weighted by molar-refractivity contribution is 6.14. The zero-order valence-electron chi connectivity index (χ0n) is 12.1. The number of phenols is 1. The van der Waals surface area contributed by atoms with Crippen LogP contribution in [0.25, 0.3) is 6.08 Å². The number of Topliss-reactive ketones (excluding diaryl/α,β-unsaturated/α-hetero) is 1. The minimum Gasteiger partial charge on any atom is -0.508 e. The third-order valence-electron chi connectivity index (χ3n) is 3.36. The van der Waals surface area contributed by atoms with E-state index >= 15 is 0 Å². The molecule has 3 rings (SSSR count). The van der Waals surface area contributed by atoms with Crippen molar-refractivity contribution in [1.29, 1.82) is 0 Å². The Labute approximate surface area is 127 Å². The molecule has 0 fully saturated rings. The summed E-state index contributed by atoms with van der Waals surface area (Å²) in [5.74, 6) is 1.58. The van der Waals surface area contributed by atoms with Gasteiger partial charge in [0.15, 0.2) is 17.3 Å². The van der Waals surface area contributed by atoms with Crippen molar-refractivity contribution in [3.8, 4) is 23.0 Å². The lowest BCUT2D eigenvalue weighted by Crippen LogP contribution is -1.98. The van der Waals surface area contributed by atoms with Crippen molar-refractivity contribution in [2.24, 2.45) is 0 Å². The maximum atomic E-state index is 12.3. The third-order valence-corrected chi connectivity index (χ3v) is 3.36. The number of hydrogen-bond donors (Lipinski definition) is 1. The molecule has 0 amide bonds. The van der Waals surface area contributed by atoms with Gasteiger partial charge in [-0.05, 0) is 42.0 Å². The summed E-state index contributed by atoms with van der Waals surface area (Å²) >= 11 is 0. The van der Waals surface area contributed by atoms with E-state index in [0.717, 1.165) is 5.56 Å². The van der Waals surface area contributed by atoms with Crippen LogP contribution in [0.1, 0.15) is 15.9 Å². The molecular weight excluding hydrogens is 284 g/mol. The number of phenolic OH excluding ortho intramolecular Hbond substituents is 1. The van der Waals surface area contributed by atoms with Crippen molar-refractivity contribution in [3.63, 3.8) is 0 Å². The zero-order chi connectivity index (χ0) is 15.7. The number of methoxy groups -OCH3 is 2. The Morgan fingerprint density at radius 3 is 2.55 bits per heavy atom. The van der Waals surface area contributed by atoms with E-state index in [1.54, 1.807) is 44.6 Å². The summed E-state index contributed by atoms with van der Waals surface area (Å²) in [7, 11) is 3.10. The van der Waals surface area contributed by atoms with Gasteiger partial charge in [-0.1, -0.05) is 6.07 Å². The van der Waals surface area contributed by atoms with Crippen molar-refractivity contribution in [3.05, 3.63) is 53.3 Å². The summed E-state index contributed by atoms with van der Waals surface area (Å²) in [5, 5.41) is 9.46. The molecule has 0 atom stereocenters. The molecule has 0 radical (unpaired) electrons. The van der Waals surface area contributed by atoms with Gasteiger partial charge < -0.3 is 19.3 Å². The van der Waals surface area contributed by atoms with Gasteiger partial charge in [0.2, 0.25) is 5.78 Å². The second-order valence-corrected chi connectivity index (χ2v) is 4.73. The van der Waals surface area contributed by atoms with E-state index in [-0.39, 0.29) is 17.3 Å². The minimum atomic E-state index is -0.263. The fourth-order valence-corrected chi connectivity index (χ4v) is 2.27. The van der Waals surface area contributed by atoms with Crippen LogP contribution in [0.3, 0.4) is 0 Å². The van der Waals surface area contributed by atoms with Crippen LogP contribution in [0.4, 0.5) is 0 Å². The standard InChI is InChI=1S/C17H14O5/c1-20-14-5-3-10(7-15(14)21-2)8-16-17(19)12-9-11(18)4-6-13(12)22-16/h3-9,18H,1-2H3/b16-8-. The van der Waals surface area contributed by atoms with Crippen LogP contribution in [0.2, 0.25) is 0 Å². The Morgan fingerprint density at radius 1 is 1.05 bits per heavy atom. The highest BCUT2D eigenvalue weighted by atomic mass is 16.5. The van der Waals surface area contributed by atoms with Crippen molar-refractivity contribution in [2.75, 3.05) is 14.2 Å². The summed E-state index contributed by atoms with van der Waals surface area (Å²) in [5.41, 5.74) is 1.10. The SMILES string of the molecule is COc1ccc(/C=C2\Oc3ccc(O)cc3C2=O)cc1OC. The van der Waals surface area contributed by atoms with Crippen molar-refractivity contribution >= 4 is 11.9 Å². The van der Waals surface area contributed by atoms with Crippen LogP contribution < -0.4 is 14.2 Å². The summed E-state index contributed by atoms with van der Waals surface area (Å²) in [4.78, 5) is 12.3. The molecule has 2 aromatic carbocycles. The van der Waals surface area contributed by atoms with Crippen LogP contribution in [-0.4, -0.2) is 25.1 Å². The maximum absolute atomic E-state index is 12.3. The Balaban J connectivity index is 1.96. The average molecular weight is 298 g/mol. The quantitative estimate of drug-likeness (QED) is 0.882. The van der Waals surface area contributed by atoms with Gasteiger partial charge >= 0.3 is 0 Å². The first kappa shape index (κ1) is 14.0. The first-order valence-electron chi connectivity index (χ1n) is 6.61. The molecule has 0 spiro atoms. The van der Waals surface area contributed by atoms with Crippen LogP contribution >= 0.6 is 0 Å². The molecule has 112 valence electrons. The van der Waals surface area contributed by atoms with Crippen molar-refractivity contribution in [1.82, 2.24) is 0 Å². The molecule has 5 nitrogen and oxygen atoms in total. The number of carbonyl (C=O) groups is 1. The van der Waals surface area contributed by atoms with E-state index < -0.39 is 0 Å². The summed E-state index contributed by atoms with van der Waals surface area (Å²) in [6, 6.07) is 9.74. The summed E-state index contributed by atoms with van der Waals surface area (Å²) in [6.45, 7) is 0. The van der Waals surface area contributed by atoms with E-state index in [1.165, 1.54) is 12.1 Å². The first-order valence-corrected chi connectivity index (χ1v) is 6.61. The molecule has 0 saturated carbocycles. The largest absolute Gasteiger partial charge is 0.508 e. The van der Waals surface area contributed by atoms with E-state index in [4.69, 9.17) is 14.2 Å². The van der Waals surface area contributed by atoms with E-state index in [1.807, 2.05) is 0 Å². The highest BCUT2D eigenvalue weighted by Gasteiger charge is 2.27. The Hall–Kier alpha value is -2.95. The predicted molar refractivity (Wildman–Crippen MR) is 80.6 cm³/mol. The molecule has 1 heterocycles. The molecule has 1 aliphatic heterocycles. The molecule has 22 heavy (non-hydrogen) atoms. The molecule has 1 N–H and O–H groups in total. The number of benzene rings is 2. The molecule has 1 aliphatic rings. The Kier molecular flexibility index (Phi) is 3.47. The van der Waals surface area contributed by atoms with Crippen LogP contribution in [0.5, 0.6) is 23.0 Å². The van der Waals surface area contributed by atoms with Crippen LogP contribution in [0, 0.1) is 0 Å². The monoisotopic (exact) mass is 298 g/mol. The topological polar surface area (TPSA) is 65.0 Å². The Bertz CT molecular complexity index is 777. The molecule has 0 saturated heterocycles. The highest BCUT2D eigenvalue weighted by Crippen LogP contribution is 2.35. The first-order chi connectivity index (χ1) is 10.6. The number of hydrogen-bond acceptors (Lipinski definition) is 5. The van der Waals surface area contributed by atoms with Gasteiger partial charge in [0, 0.05) is 0 Å². The van der Waals surface area contributed by atoms with E-state index in [9.17, 15) is 9.90 Å². The molecule has 0 aromatic heterocycles. The lowest BCUT2D eigenvalue weighted by atomic mass is 10.1. The number of rotatable bonds is 3. The van der Waals surface area contributed by atoms with E-state index in [0.29, 0.717) is 22.8 Å². The van der Waals surface area contributed by atoms with Gasteiger partial charge in [0.1, 0.15) is 11.5 Å². The normalized spacial score (nSPS) is 14.6. The Morgan fingerprint density at radius 2 is 1.82 bits per heavy atom. The smallest absolute Gasteiger partial charge is 0.232 e. The van der Waals surface area contributed by atoms with Gasteiger partial charge in [0.05, 0.1) is 19.8 Å². The number of fused-ring (bicyclic) bond motifs is 1. The van der Waals surface area contributed by atoms with Gasteiger partial charge in [-0.3, -0.25) is 4.79 Å². The molecule has 0 aliphatic carbocycles. The zero-order valence-corrected chi connectivity index (χ0v) is 12.1. The number of ether oxygens (including phenoxy) is 3. The number of carbonyl (C=O) groups excluding carboxylic acids is 1. The van der Waals surface area contributed by atoms with Gasteiger partial charge in [-0.15, -0.1) is 0 Å². The molecule has 5 heteroatoms. The summed E-state index contributed by atoms with van der Waals surface area (Å²) in [6.07, 6.45) is 1.63. The maximum Gasteiger partial charge on any atom is 0.232 e. The lowest BCUT2D eigenvalue weighted by molar-refractivity contribution is 0.101. The molecular formula is C17H14O5. The molecule has 0 bridgehead atoms. The van der Waals surface area contributed by atoms with Crippen LogP contribution in [0.15, 0.2) is 42.2 Å². The fourth-order valence-electron chi connectivity index (χ4n) is 2.27. The lowest BCUT2D eigenvalue weighted by Gasteiger charge is -2.08. The molecule has 2 aromatic rings. The average Bonchev–Trinajstić information content (AvgIpc) is 2.83. The second-order valence-electron chi connectivity index (χ2n) is 4.73. The third kappa shape index (κ3) is 2.37. The number of ketones is 1. The minimum absolute atomic E-state index is 0.0306. The fraction of sp³-hybridized carbons (Fsp3) is 0.118. The number of aromatic hydroxyl groups is 1.